The number of carbonyl (C=O) groups excluding carboxylic acids is 2. The number of rotatable bonds is 4. The number of aryl methyl sites for hydroxylation is 2. The highest BCUT2D eigenvalue weighted by Gasteiger charge is 2.25. The number of amides is 2. The van der Waals surface area contributed by atoms with Crippen LogP contribution in [0.1, 0.15) is 37.1 Å². The standard InChI is InChI=1S/C12H16N2O3/c1-9-8-10(17-13-9)4-3-7-14-11(15)5-2-6-12(14)16/h8H,2-7H2,1H3. The molecule has 0 spiro atoms. The maximum absolute atomic E-state index is 11.5. The molecular formula is C12H16N2O3. The lowest BCUT2D eigenvalue weighted by atomic mass is 10.1. The van der Waals surface area contributed by atoms with Crippen molar-refractivity contribution in [3.8, 4) is 0 Å². The molecule has 0 saturated carbocycles. The van der Waals surface area contributed by atoms with Gasteiger partial charge in [-0.3, -0.25) is 14.5 Å². The minimum absolute atomic E-state index is 0.0463. The summed E-state index contributed by atoms with van der Waals surface area (Å²) in [5, 5.41) is 3.79. The van der Waals surface area contributed by atoms with Crippen LogP contribution >= 0.6 is 0 Å². The van der Waals surface area contributed by atoms with Gasteiger partial charge < -0.3 is 4.52 Å². The van der Waals surface area contributed by atoms with Crippen molar-refractivity contribution in [1.82, 2.24) is 10.1 Å². The average Bonchev–Trinajstić information content (AvgIpc) is 2.69. The van der Waals surface area contributed by atoms with E-state index in [2.05, 4.69) is 5.16 Å². The van der Waals surface area contributed by atoms with Gasteiger partial charge >= 0.3 is 0 Å². The molecule has 2 amide bonds. The second-order valence-electron chi connectivity index (χ2n) is 4.33. The normalized spacial score (nSPS) is 16.6. The Hall–Kier alpha value is -1.65. The number of imide groups is 1. The van der Waals surface area contributed by atoms with Crippen LogP contribution in [0.15, 0.2) is 10.6 Å². The SMILES string of the molecule is Cc1cc(CCCN2C(=O)CCCC2=O)on1. The zero-order valence-electron chi connectivity index (χ0n) is 9.94. The first-order valence-corrected chi connectivity index (χ1v) is 5.92. The van der Waals surface area contributed by atoms with Crippen LogP contribution in [0.4, 0.5) is 0 Å². The zero-order valence-corrected chi connectivity index (χ0v) is 9.94. The van der Waals surface area contributed by atoms with Crippen LogP contribution in [0.25, 0.3) is 0 Å². The minimum atomic E-state index is -0.0463. The lowest BCUT2D eigenvalue weighted by Crippen LogP contribution is -2.40. The molecule has 1 aromatic rings. The molecule has 0 aromatic carbocycles. The van der Waals surface area contributed by atoms with E-state index in [9.17, 15) is 9.59 Å². The van der Waals surface area contributed by atoms with Crippen molar-refractivity contribution in [3.63, 3.8) is 0 Å². The van der Waals surface area contributed by atoms with Crippen molar-refractivity contribution in [1.29, 1.82) is 0 Å². The van der Waals surface area contributed by atoms with Crippen molar-refractivity contribution < 1.29 is 14.1 Å². The predicted molar refractivity (Wildman–Crippen MR) is 60.1 cm³/mol. The van der Waals surface area contributed by atoms with Crippen molar-refractivity contribution in [2.24, 2.45) is 0 Å². The molecule has 0 aliphatic carbocycles. The lowest BCUT2D eigenvalue weighted by Gasteiger charge is -2.24. The molecule has 0 radical (unpaired) electrons. The van der Waals surface area contributed by atoms with Gasteiger partial charge in [-0.1, -0.05) is 5.16 Å². The summed E-state index contributed by atoms with van der Waals surface area (Å²) >= 11 is 0. The van der Waals surface area contributed by atoms with E-state index < -0.39 is 0 Å². The van der Waals surface area contributed by atoms with Crippen molar-refractivity contribution >= 4 is 11.8 Å². The number of aromatic nitrogens is 1. The molecule has 17 heavy (non-hydrogen) atoms. The van der Waals surface area contributed by atoms with Crippen LogP contribution < -0.4 is 0 Å². The quantitative estimate of drug-likeness (QED) is 0.742. The summed E-state index contributed by atoms with van der Waals surface area (Å²) in [7, 11) is 0. The Labute approximate surface area is 99.8 Å². The van der Waals surface area contributed by atoms with Gasteiger partial charge in [-0.25, -0.2) is 0 Å². The van der Waals surface area contributed by atoms with E-state index in [-0.39, 0.29) is 11.8 Å². The molecule has 1 saturated heterocycles. The third-order valence-corrected chi connectivity index (χ3v) is 2.87. The van der Waals surface area contributed by atoms with E-state index in [1.807, 2.05) is 13.0 Å². The molecular weight excluding hydrogens is 220 g/mol. The first-order valence-electron chi connectivity index (χ1n) is 5.92. The Bertz CT molecular complexity index is 409. The van der Waals surface area contributed by atoms with Gasteiger partial charge in [-0.2, -0.15) is 0 Å². The molecule has 1 fully saturated rings. The summed E-state index contributed by atoms with van der Waals surface area (Å²) in [5.74, 6) is 0.712. The first-order chi connectivity index (χ1) is 8.16. The Balaban J connectivity index is 1.81. The Morgan fingerprint density at radius 3 is 2.65 bits per heavy atom. The van der Waals surface area contributed by atoms with Crippen molar-refractivity contribution in [2.45, 2.75) is 39.0 Å². The molecule has 2 rings (SSSR count). The molecule has 5 nitrogen and oxygen atoms in total. The second-order valence-corrected chi connectivity index (χ2v) is 4.33. The van der Waals surface area contributed by atoms with Crippen LogP contribution in [0.2, 0.25) is 0 Å². The summed E-state index contributed by atoms with van der Waals surface area (Å²) in [6, 6.07) is 1.87. The largest absolute Gasteiger partial charge is 0.361 e. The smallest absolute Gasteiger partial charge is 0.229 e. The summed E-state index contributed by atoms with van der Waals surface area (Å²) in [6.07, 6.45) is 3.11. The lowest BCUT2D eigenvalue weighted by molar-refractivity contribution is -0.147. The highest BCUT2D eigenvalue weighted by atomic mass is 16.5. The van der Waals surface area contributed by atoms with E-state index in [4.69, 9.17) is 4.52 Å². The Morgan fingerprint density at radius 2 is 2.06 bits per heavy atom. The predicted octanol–water partition coefficient (Wildman–Crippen LogP) is 1.45. The fourth-order valence-corrected chi connectivity index (χ4v) is 1.99. The number of hydrogen-bond donors (Lipinski definition) is 0. The number of carbonyl (C=O) groups is 2. The maximum Gasteiger partial charge on any atom is 0.229 e. The highest BCUT2D eigenvalue weighted by molar-refractivity contribution is 5.97. The molecule has 0 atom stereocenters. The highest BCUT2D eigenvalue weighted by Crippen LogP contribution is 2.13. The monoisotopic (exact) mass is 236 g/mol. The topological polar surface area (TPSA) is 63.4 Å². The fraction of sp³-hybridized carbons (Fsp3) is 0.583. The van der Waals surface area contributed by atoms with Crippen LogP contribution in [-0.4, -0.2) is 28.4 Å². The Kier molecular flexibility index (Phi) is 3.56. The van der Waals surface area contributed by atoms with Crippen LogP contribution in [0, 0.1) is 6.92 Å². The van der Waals surface area contributed by atoms with E-state index in [0.29, 0.717) is 32.2 Å². The summed E-state index contributed by atoms with van der Waals surface area (Å²) in [6.45, 7) is 2.35. The van der Waals surface area contributed by atoms with Gasteiger partial charge in [0.2, 0.25) is 11.8 Å². The number of nitrogens with zero attached hydrogens (tertiary/aromatic N) is 2. The van der Waals surface area contributed by atoms with Gasteiger partial charge in [0.1, 0.15) is 5.76 Å². The zero-order chi connectivity index (χ0) is 12.3. The third kappa shape index (κ3) is 2.93. The minimum Gasteiger partial charge on any atom is -0.361 e. The van der Waals surface area contributed by atoms with Crippen LogP contribution in [0.3, 0.4) is 0 Å². The second kappa shape index (κ2) is 5.12. The number of hydrogen-bond acceptors (Lipinski definition) is 4. The van der Waals surface area contributed by atoms with E-state index >= 15 is 0 Å². The van der Waals surface area contributed by atoms with Crippen LogP contribution in [0.5, 0.6) is 0 Å². The van der Waals surface area contributed by atoms with Gasteiger partial charge in [0, 0.05) is 31.9 Å². The van der Waals surface area contributed by atoms with Gasteiger partial charge in [0.25, 0.3) is 0 Å². The molecule has 1 aliphatic rings. The van der Waals surface area contributed by atoms with Crippen molar-refractivity contribution in [3.05, 3.63) is 17.5 Å². The maximum atomic E-state index is 11.5. The van der Waals surface area contributed by atoms with E-state index in [0.717, 1.165) is 17.9 Å². The van der Waals surface area contributed by atoms with Crippen LogP contribution in [-0.2, 0) is 16.0 Å². The summed E-state index contributed by atoms with van der Waals surface area (Å²) < 4.78 is 5.07. The summed E-state index contributed by atoms with van der Waals surface area (Å²) in [4.78, 5) is 24.4. The van der Waals surface area contributed by atoms with Crippen molar-refractivity contribution in [2.75, 3.05) is 6.54 Å². The molecule has 2 heterocycles. The molecule has 5 heteroatoms. The molecule has 0 unspecified atom stereocenters. The van der Waals surface area contributed by atoms with Gasteiger partial charge in [-0.05, 0) is 19.8 Å². The Morgan fingerprint density at radius 1 is 1.35 bits per heavy atom. The number of likely N-dealkylation sites (tertiary alicyclic amines) is 1. The van der Waals surface area contributed by atoms with E-state index in [1.165, 1.54) is 4.90 Å². The molecule has 1 aliphatic heterocycles. The van der Waals surface area contributed by atoms with Gasteiger partial charge in [0.05, 0.1) is 5.69 Å². The molecule has 92 valence electrons. The van der Waals surface area contributed by atoms with Gasteiger partial charge in [-0.15, -0.1) is 0 Å². The summed E-state index contributed by atoms with van der Waals surface area (Å²) in [5.41, 5.74) is 0.852. The third-order valence-electron chi connectivity index (χ3n) is 2.87. The molecule has 0 bridgehead atoms. The van der Waals surface area contributed by atoms with E-state index in [1.54, 1.807) is 0 Å². The molecule has 0 N–H and O–H groups in total. The van der Waals surface area contributed by atoms with Gasteiger partial charge in [0.15, 0.2) is 0 Å². The molecule has 1 aromatic heterocycles. The fourth-order valence-electron chi connectivity index (χ4n) is 1.99. The average molecular weight is 236 g/mol. The first kappa shape index (κ1) is 11.8. The number of piperidine rings is 1.